The average Bonchev–Trinajstić information content (AvgIpc) is 2.01. The van der Waals surface area contributed by atoms with Crippen LogP contribution in [0.1, 0.15) is 31.9 Å². The van der Waals surface area contributed by atoms with Gasteiger partial charge >= 0.3 is 0 Å². The summed E-state index contributed by atoms with van der Waals surface area (Å²) in [5, 5.41) is 0. The Hall–Kier alpha value is -0.740. The third-order valence-corrected chi connectivity index (χ3v) is 2.39. The van der Waals surface area contributed by atoms with Crippen molar-refractivity contribution in [1.82, 2.24) is 0 Å². The molecule has 0 aliphatic rings. The molecule has 1 aromatic rings. The lowest BCUT2D eigenvalue weighted by Gasteiger charge is -2.19. The Morgan fingerprint density at radius 3 is 2.31 bits per heavy atom. The standard InChI is InChI=1S/C12H13Br/c1-5-9-6-10(12(2,3)4)8-11(13)7-9/h1,6-8H,2-4H3. The molecule has 0 spiro atoms. The molecule has 68 valence electrons. The van der Waals surface area contributed by atoms with E-state index in [-0.39, 0.29) is 5.41 Å². The molecule has 0 unspecified atom stereocenters. The second-order valence-electron chi connectivity index (χ2n) is 4.12. The summed E-state index contributed by atoms with van der Waals surface area (Å²) in [4.78, 5) is 0. The Morgan fingerprint density at radius 2 is 1.85 bits per heavy atom. The topological polar surface area (TPSA) is 0 Å². The van der Waals surface area contributed by atoms with Crippen LogP contribution in [-0.2, 0) is 5.41 Å². The number of halogens is 1. The van der Waals surface area contributed by atoms with Gasteiger partial charge in [-0.3, -0.25) is 0 Å². The Bertz CT molecular complexity index is 350. The lowest BCUT2D eigenvalue weighted by Crippen LogP contribution is -2.11. The molecule has 1 heteroatoms. The fourth-order valence-electron chi connectivity index (χ4n) is 1.11. The van der Waals surface area contributed by atoms with Gasteiger partial charge < -0.3 is 0 Å². The van der Waals surface area contributed by atoms with Crippen molar-refractivity contribution in [2.24, 2.45) is 0 Å². The van der Waals surface area contributed by atoms with Gasteiger partial charge in [0.25, 0.3) is 0 Å². The van der Waals surface area contributed by atoms with Crippen LogP contribution in [0.5, 0.6) is 0 Å². The van der Waals surface area contributed by atoms with Crippen LogP contribution in [0.3, 0.4) is 0 Å². The zero-order valence-electron chi connectivity index (χ0n) is 8.19. The van der Waals surface area contributed by atoms with Gasteiger partial charge in [-0.2, -0.15) is 0 Å². The van der Waals surface area contributed by atoms with Gasteiger partial charge in [-0.1, -0.05) is 42.6 Å². The molecule has 0 saturated heterocycles. The summed E-state index contributed by atoms with van der Waals surface area (Å²) in [6.45, 7) is 6.53. The van der Waals surface area contributed by atoms with Gasteiger partial charge in [0.1, 0.15) is 0 Å². The van der Waals surface area contributed by atoms with Gasteiger partial charge in [-0.05, 0) is 29.2 Å². The number of hydrogen-bond donors (Lipinski definition) is 0. The molecule has 0 atom stereocenters. The van der Waals surface area contributed by atoms with E-state index in [1.54, 1.807) is 0 Å². The van der Waals surface area contributed by atoms with E-state index in [9.17, 15) is 0 Å². The summed E-state index contributed by atoms with van der Waals surface area (Å²) < 4.78 is 1.05. The minimum absolute atomic E-state index is 0.148. The van der Waals surface area contributed by atoms with E-state index in [0.29, 0.717) is 0 Å². The van der Waals surface area contributed by atoms with Crippen LogP contribution in [0.15, 0.2) is 22.7 Å². The number of terminal acetylenes is 1. The molecule has 0 N–H and O–H groups in total. The van der Waals surface area contributed by atoms with Crippen molar-refractivity contribution in [3.8, 4) is 12.3 Å². The van der Waals surface area contributed by atoms with Crippen molar-refractivity contribution in [3.63, 3.8) is 0 Å². The first-order chi connectivity index (χ1) is 5.93. The molecule has 1 aromatic carbocycles. The number of benzene rings is 1. The predicted molar refractivity (Wildman–Crippen MR) is 60.8 cm³/mol. The van der Waals surface area contributed by atoms with Crippen LogP contribution in [0.2, 0.25) is 0 Å². The van der Waals surface area contributed by atoms with E-state index in [2.05, 4.69) is 54.8 Å². The highest BCUT2D eigenvalue weighted by Gasteiger charge is 2.14. The smallest absolute Gasteiger partial charge is 0.0256 e. The summed E-state index contributed by atoms with van der Waals surface area (Å²) >= 11 is 3.45. The highest BCUT2D eigenvalue weighted by atomic mass is 79.9. The van der Waals surface area contributed by atoms with Crippen LogP contribution in [0.25, 0.3) is 0 Å². The summed E-state index contributed by atoms with van der Waals surface area (Å²) in [5.74, 6) is 2.65. The highest BCUT2D eigenvalue weighted by Crippen LogP contribution is 2.26. The largest absolute Gasteiger partial charge is 0.115 e. The molecule has 0 saturated carbocycles. The first kappa shape index (κ1) is 10.3. The minimum Gasteiger partial charge on any atom is -0.115 e. The molecule has 0 amide bonds. The molecule has 0 fully saturated rings. The fraction of sp³-hybridized carbons (Fsp3) is 0.333. The molecule has 1 rings (SSSR count). The predicted octanol–water partition coefficient (Wildman–Crippen LogP) is 3.73. The number of rotatable bonds is 0. The second-order valence-corrected chi connectivity index (χ2v) is 5.04. The first-order valence-electron chi connectivity index (χ1n) is 4.21. The van der Waals surface area contributed by atoms with E-state index in [1.165, 1.54) is 5.56 Å². The van der Waals surface area contributed by atoms with Gasteiger partial charge in [-0.25, -0.2) is 0 Å². The average molecular weight is 237 g/mol. The lowest BCUT2D eigenvalue weighted by atomic mass is 9.86. The van der Waals surface area contributed by atoms with Crippen LogP contribution in [0, 0.1) is 12.3 Å². The zero-order chi connectivity index (χ0) is 10.1. The van der Waals surface area contributed by atoms with Crippen molar-refractivity contribution in [2.45, 2.75) is 26.2 Å². The van der Waals surface area contributed by atoms with E-state index in [1.807, 2.05) is 6.07 Å². The van der Waals surface area contributed by atoms with Crippen molar-refractivity contribution in [2.75, 3.05) is 0 Å². The zero-order valence-corrected chi connectivity index (χ0v) is 9.77. The maximum Gasteiger partial charge on any atom is 0.0256 e. The molecule has 13 heavy (non-hydrogen) atoms. The lowest BCUT2D eigenvalue weighted by molar-refractivity contribution is 0.589. The normalized spacial score (nSPS) is 11.0. The SMILES string of the molecule is C#Cc1cc(Br)cc(C(C)(C)C)c1. The highest BCUT2D eigenvalue weighted by molar-refractivity contribution is 9.10. The maximum atomic E-state index is 5.36. The summed E-state index contributed by atoms with van der Waals surface area (Å²) in [5.41, 5.74) is 2.34. The Labute approximate surface area is 88.5 Å². The second kappa shape index (κ2) is 3.55. The van der Waals surface area contributed by atoms with Crippen LogP contribution in [0.4, 0.5) is 0 Å². The molecule has 0 aromatic heterocycles. The molecule has 0 radical (unpaired) electrons. The van der Waals surface area contributed by atoms with Gasteiger partial charge in [0.2, 0.25) is 0 Å². The maximum absolute atomic E-state index is 5.36. The molecular weight excluding hydrogens is 224 g/mol. The van der Waals surface area contributed by atoms with Crippen molar-refractivity contribution < 1.29 is 0 Å². The van der Waals surface area contributed by atoms with E-state index in [4.69, 9.17) is 6.42 Å². The number of hydrogen-bond acceptors (Lipinski definition) is 0. The first-order valence-corrected chi connectivity index (χ1v) is 5.00. The van der Waals surface area contributed by atoms with Crippen LogP contribution >= 0.6 is 15.9 Å². The summed E-state index contributed by atoms with van der Waals surface area (Å²) in [6, 6.07) is 6.13. The third kappa shape index (κ3) is 2.60. The molecule has 0 bridgehead atoms. The van der Waals surface area contributed by atoms with Crippen molar-refractivity contribution >= 4 is 15.9 Å². The molecular formula is C12H13Br. The fourth-order valence-corrected chi connectivity index (χ4v) is 1.60. The monoisotopic (exact) mass is 236 g/mol. The summed E-state index contributed by atoms with van der Waals surface area (Å²) in [7, 11) is 0. The van der Waals surface area contributed by atoms with E-state index >= 15 is 0 Å². The van der Waals surface area contributed by atoms with Gasteiger partial charge in [0.05, 0.1) is 0 Å². The summed E-state index contributed by atoms with van der Waals surface area (Å²) in [6.07, 6.45) is 5.36. The Kier molecular flexibility index (Phi) is 2.83. The van der Waals surface area contributed by atoms with Gasteiger partial charge in [0.15, 0.2) is 0 Å². The van der Waals surface area contributed by atoms with Gasteiger partial charge in [-0.15, -0.1) is 6.42 Å². The minimum atomic E-state index is 0.148. The third-order valence-electron chi connectivity index (χ3n) is 1.93. The quantitative estimate of drug-likeness (QED) is 0.603. The van der Waals surface area contributed by atoms with E-state index in [0.717, 1.165) is 10.0 Å². The van der Waals surface area contributed by atoms with Crippen molar-refractivity contribution in [1.29, 1.82) is 0 Å². The van der Waals surface area contributed by atoms with Crippen LogP contribution in [-0.4, -0.2) is 0 Å². The molecule has 0 nitrogen and oxygen atoms in total. The molecule has 0 aliphatic heterocycles. The van der Waals surface area contributed by atoms with Gasteiger partial charge in [0, 0.05) is 10.0 Å². The molecule has 0 heterocycles. The Balaban J connectivity index is 3.26. The van der Waals surface area contributed by atoms with Crippen LogP contribution < -0.4 is 0 Å². The van der Waals surface area contributed by atoms with Crippen molar-refractivity contribution in [3.05, 3.63) is 33.8 Å². The molecule has 0 aliphatic carbocycles. The van der Waals surface area contributed by atoms with E-state index < -0.39 is 0 Å². The Morgan fingerprint density at radius 1 is 1.23 bits per heavy atom.